The number of hydrogen-bond acceptors (Lipinski definition) is 5. The molecule has 1 aromatic heterocycles. The Balaban J connectivity index is 2.56. The van der Waals surface area contributed by atoms with Gasteiger partial charge in [0, 0.05) is 28.4 Å². The first-order valence-corrected chi connectivity index (χ1v) is 6.53. The minimum absolute atomic E-state index is 0.0677. The van der Waals surface area contributed by atoms with Crippen LogP contribution in [0.4, 0.5) is 14.6 Å². The average Bonchev–Trinajstić information content (AvgIpc) is 2.87. The van der Waals surface area contributed by atoms with E-state index >= 15 is 0 Å². The van der Waals surface area contributed by atoms with Crippen molar-refractivity contribution in [1.82, 2.24) is 9.55 Å². The third-order valence-corrected chi connectivity index (χ3v) is 3.27. The van der Waals surface area contributed by atoms with Gasteiger partial charge in [-0.3, -0.25) is 4.57 Å². The molecule has 1 aliphatic rings. The average molecular weight is 332 g/mol. The molecule has 1 saturated heterocycles. The summed E-state index contributed by atoms with van der Waals surface area (Å²) in [5, 5.41) is 9.16. The molecular formula is C13H12ClF2N3O3. The highest BCUT2D eigenvalue weighted by Gasteiger charge is 2.37. The lowest BCUT2D eigenvalue weighted by molar-refractivity contribution is -0.00860. The van der Waals surface area contributed by atoms with E-state index in [2.05, 4.69) is 4.98 Å². The quantitative estimate of drug-likeness (QED) is 0.878. The lowest BCUT2D eigenvalue weighted by Gasteiger charge is -2.15. The van der Waals surface area contributed by atoms with Crippen molar-refractivity contribution in [2.24, 2.45) is 0 Å². The SMILES string of the molecule is Nc1nc(=O)n(C2OC(CO)C(=CF)C2=CF)cc1C=CCl. The Hall–Kier alpha value is -2.03. The third kappa shape index (κ3) is 2.80. The molecule has 1 fully saturated rings. The monoisotopic (exact) mass is 331 g/mol. The third-order valence-electron chi connectivity index (χ3n) is 3.15. The van der Waals surface area contributed by atoms with Gasteiger partial charge in [-0.15, -0.1) is 0 Å². The molecule has 0 radical (unpaired) electrons. The second kappa shape index (κ2) is 6.82. The van der Waals surface area contributed by atoms with Gasteiger partial charge in [0.1, 0.15) is 11.9 Å². The molecule has 3 N–H and O–H groups in total. The van der Waals surface area contributed by atoms with E-state index < -0.39 is 24.6 Å². The van der Waals surface area contributed by atoms with E-state index in [-0.39, 0.29) is 29.6 Å². The van der Waals surface area contributed by atoms with Crippen LogP contribution in [0.5, 0.6) is 0 Å². The number of ether oxygens (including phenoxy) is 1. The molecular weight excluding hydrogens is 320 g/mol. The molecule has 0 spiro atoms. The van der Waals surface area contributed by atoms with Crippen molar-refractivity contribution in [2.75, 3.05) is 12.3 Å². The van der Waals surface area contributed by atoms with Crippen molar-refractivity contribution in [3.05, 3.63) is 51.6 Å². The second-order valence-electron chi connectivity index (χ2n) is 4.35. The van der Waals surface area contributed by atoms with Crippen LogP contribution >= 0.6 is 11.6 Å². The van der Waals surface area contributed by atoms with Gasteiger partial charge >= 0.3 is 5.69 Å². The molecule has 9 heteroatoms. The van der Waals surface area contributed by atoms with Crippen molar-refractivity contribution < 1.29 is 18.6 Å². The van der Waals surface area contributed by atoms with E-state index in [1.165, 1.54) is 12.3 Å². The minimum Gasteiger partial charge on any atom is -0.393 e. The van der Waals surface area contributed by atoms with Crippen molar-refractivity contribution in [3.63, 3.8) is 0 Å². The van der Waals surface area contributed by atoms with Crippen molar-refractivity contribution in [1.29, 1.82) is 0 Å². The summed E-state index contributed by atoms with van der Waals surface area (Å²) < 4.78 is 32.3. The van der Waals surface area contributed by atoms with E-state index in [4.69, 9.17) is 27.2 Å². The summed E-state index contributed by atoms with van der Waals surface area (Å²) in [6.45, 7) is -0.574. The summed E-state index contributed by atoms with van der Waals surface area (Å²) in [4.78, 5) is 15.5. The second-order valence-corrected chi connectivity index (χ2v) is 4.60. The Bertz CT molecular complexity index is 715. The molecule has 2 unspecified atom stereocenters. The molecule has 118 valence electrons. The Morgan fingerprint density at radius 1 is 1.45 bits per heavy atom. The zero-order chi connectivity index (χ0) is 16.3. The number of anilines is 1. The van der Waals surface area contributed by atoms with Gasteiger partial charge in [-0.25, -0.2) is 13.6 Å². The van der Waals surface area contributed by atoms with Gasteiger partial charge < -0.3 is 15.6 Å². The first-order valence-electron chi connectivity index (χ1n) is 6.10. The van der Waals surface area contributed by atoms with Crippen LogP contribution in [0.1, 0.15) is 11.8 Å². The molecule has 0 saturated carbocycles. The number of aliphatic hydroxyl groups excluding tert-OH is 1. The largest absolute Gasteiger partial charge is 0.393 e. The van der Waals surface area contributed by atoms with Gasteiger partial charge in [-0.2, -0.15) is 4.98 Å². The van der Waals surface area contributed by atoms with Crippen molar-refractivity contribution in [2.45, 2.75) is 12.3 Å². The number of nitrogen functional groups attached to an aromatic ring is 1. The summed E-state index contributed by atoms with van der Waals surface area (Å²) in [7, 11) is 0. The van der Waals surface area contributed by atoms with E-state index in [1.807, 2.05) is 0 Å². The van der Waals surface area contributed by atoms with Crippen molar-refractivity contribution >= 4 is 23.5 Å². The highest BCUT2D eigenvalue weighted by molar-refractivity contribution is 6.27. The number of halogens is 3. The van der Waals surface area contributed by atoms with Crippen LogP contribution in [0, 0.1) is 0 Å². The summed E-state index contributed by atoms with van der Waals surface area (Å²) in [5.74, 6) is -0.0677. The number of rotatable bonds is 3. The molecule has 0 amide bonds. The molecule has 1 aliphatic heterocycles. The lowest BCUT2D eigenvalue weighted by Crippen LogP contribution is -2.29. The van der Waals surface area contributed by atoms with Crippen LogP contribution in [0.25, 0.3) is 6.08 Å². The van der Waals surface area contributed by atoms with Gasteiger partial charge in [0.15, 0.2) is 6.23 Å². The van der Waals surface area contributed by atoms with Gasteiger partial charge in [0.05, 0.1) is 19.3 Å². The van der Waals surface area contributed by atoms with Crippen molar-refractivity contribution in [3.8, 4) is 0 Å². The number of aromatic nitrogens is 2. The van der Waals surface area contributed by atoms with E-state index in [9.17, 15) is 13.6 Å². The molecule has 6 nitrogen and oxygen atoms in total. The molecule has 2 heterocycles. The fourth-order valence-corrected chi connectivity index (χ4v) is 2.23. The van der Waals surface area contributed by atoms with Gasteiger partial charge in [0.2, 0.25) is 0 Å². The predicted molar refractivity (Wildman–Crippen MR) is 77.2 cm³/mol. The molecule has 2 rings (SSSR count). The van der Waals surface area contributed by atoms with Crippen LogP contribution in [0.2, 0.25) is 0 Å². The summed E-state index contributed by atoms with van der Waals surface area (Å²) in [5.41, 5.74) is 5.81. The smallest absolute Gasteiger partial charge is 0.351 e. The Morgan fingerprint density at radius 2 is 2.14 bits per heavy atom. The van der Waals surface area contributed by atoms with E-state index in [0.29, 0.717) is 5.56 Å². The first kappa shape index (κ1) is 16.3. The van der Waals surface area contributed by atoms with Gasteiger partial charge in [-0.05, 0) is 6.08 Å². The van der Waals surface area contributed by atoms with Crippen LogP contribution in [0.3, 0.4) is 0 Å². The highest BCUT2D eigenvalue weighted by Crippen LogP contribution is 2.38. The highest BCUT2D eigenvalue weighted by atomic mass is 35.5. The molecule has 1 aromatic rings. The first-order chi connectivity index (χ1) is 10.6. The molecule has 22 heavy (non-hydrogen) atoms. The van der Waals surface area contributed by atoms with Gasteiger partial charge in [0.25, 0.3) is 0 Å². The molecule has 2 atom stereocenters. The van der Waals surface area contributed by atoms with E-state index in [1.54, 1.807) is 0 Å². The Kier molecular flexibility index (Phi) is 5.07. The fraction of sp³-hybridized carbons (Fsp3) is 0.231. The fourth-order valence-electron chi connectivity index (χ4n) is 2.10. The Labute approximate surface area is 128 Å². The molecule has 0 bridgehead atoms. The predicted octanol–water partition coefficient (Wildman–Crippen LogP) is 1.63. The standard InChI is InChI=1S/C13H12ClF2N3O3/c14-2-1-7-5-19(13(21)18-11(7)17)12-9(4-16)8(3-15)10(6-20)22-12/h1-5,10,12,20H,6H2,(H2,17,18,21). The summed E-state index contributed by atoms with van der Waals surface area (Å²) in [6, 6.07) is 0. The summed E-state index contributed by atoms with van der Waals surface area (Å²) in [6.07, 6.45) is 0.518. The summed E-state index contributed by atoms with van der Waals surface area (Å²) >= 11 is 5.46. The van der Waals surface area contributed by atoms with Crippen LogP contribution in [0.15, 0.2) is 40.3 Å². The molecule has 0 aliphatic carbocycles. The van der Waals surface area contributed by atoms with Crippen LogP contribution < -0.4 is 11.4 Å². The maximum atomic E-state index is 13.1. The van der Waals surface area contributed by atoms with Crippen LogP contribution in [-0.2, 0) is 4.74 Å². The minimum atomic E-state index is -1.27. The molecule has 0 aromatic carbocycles. The maximum Gasteiger partial charge on any atom is 0.351 e. The number of nitrogens with two attached hydrogens (primary N) is 1. The van der Waals surface area contributed by atoms with Gasteiger partial charge in [-0.1, -0.05) is 11.6 Å². The maximum absolute atomic E-state index is 13.1. The zero-order valence-electron chi connectivity index (χ0n) is 11.1. The topological polar surface area (TPSA) is 90.4 Å². The normalized spacial score (nSPS) is 25.6. The zero-order valence-corrected chi connectivity index (χ0v) is 11.9. The lowest BCUT2D eigenvalue weighted by atomic mass is 10.1. The number of aliphatic hydroxyl groups is 1. The van der Waals surface area contributed by atoms with E-state index in [0.717, 1.165) is 10.1 Å². The Morgan fingerprint density at radius 3 is 2.68 bits per heavy atom. The van der Waals surface area contributed by atoms with Crippen LogP contribution in [-0.4, -0.2) is 27.4 Å². The number of hydrogen-bond donors (Lipinski definition) is 2. The number of nitrogens with zero attached hydrogens (tertiary/aromatic N) is 2.